The average Bonchev–Trinajstić information content (AvgIpc) is 3.12. The lowest BCUT2D eigenvalue weighted by Crippen LogP contribution is -2.21. The second-order valence-electron chi connectivity index (χ2n) is 6.40. The highest BCUT2D eigenvalue weighted by Gasteiger charge is 2.16. The Labute approximate surface area is 165 Å². The molecule has 0 saturated carbocycles. The van der Waals surface area contributed by atoms with Crippen molar-refractivity contribution in [2.45, 2.75) is 20.8 Å². The van der Waals surface area contributed by atoms with Crippen molar-refractivity contribution in [1.29, 1.82) is 0 Å². The predicted molar refractivity (Wildman–Crippen MR) is 114 cm³/mol. The predicted octanol–water partition coefficient (Wildman–Crippen LogP) is 4.00. The van der Waals surface area contributed by atoms with Crippen LogP contribution in [0.2, 0.25) is 0 Å². The molecule has 0 atom stereocenters. The van der Waals surface area contributed by atoms with Gasteiger partial charge in [-0.15, -0.1) is 0 Å². The number of anilines is 1. The monoisotopic (exact) mass is 375 g/mol. The first kappa shape index (κ1) is 19.4. The normalized spacial score (nSPS) is 11.0. The lowest BCUT2D eigenvalue weighted by atomic mass is 10.1. The van der Waals surface area contributed by atoms with E-state index in [2.05, 4.69) is 51.6 Å². The fourth-order valence-corrected chi connectivity index (χ4v) is 3.08. The maximum atomic E-state index is 12.4. The summed E-state index contributed by atoms with van der Waals surface area (Å²) in [6, 6.07) is 17.8. The Morgan fingerprint density at radius 3 is 2.43 bits per heavy atom. The molecule has 28 heavy (non-hydrogen) atoms. The molecule has 2 aromatic carbocycles. The third-order valence-corrected chi connectivity index (χ3v) is 4.69. The number of nitrogens with zero attached hydrogens (tertiary/aromatic N) is 3. The van der Waals surface area contributed by atoms with E-state index in [4.69, 9.17) is 0 Å². The zero-order valence-electron chi connectivity index (χ0n) is 16.4. The van der Waals surface area contributed by atoms with Crippen LogP contribution in [0, 0.1) is 6.92 Å². The van der Waals surface area contributed by atoms with Crippen molar-refractivity contribution in [3.05, 3.63) is 71.4 Å². The van der Waals surface area contributed by atoms with Gasteiger partial charge in [0, 0.05) is 29.9 Å². The molecule has 1 amide bonds. The van der Waals surface area contributed by atoms with E-state index in [1.807, 2.05) is 49.4 Å². The molecule has 0 radical (unpaired) electrons. The van der Waals surface area contributed by atoms with E-state index in [1.54, 1.807) is 6.21 Å². The fourth-order valence-electron chi connectivity index (χ4n) is 3.08. The first-order chi connectivity index (χ1) is 13.6. The largest absolute Gasteiger partial charge is 0.372 e. The summed E-state index contributed by atoms with van der Waals surface area (Å²) in [5.74, 6) is -0.316. The second-order valence-corrected chi connectivity index (χ2v) is 6.40. The van der Waals surface area contributed by atoms with Crippen LogP contribution in [0.25, 0.3) is 11.3 Å². The lowest BCUT2D eigenvalue weighted by Gasteiger charge is -2.20. The van der Waals surface area contributed by atoms with Crippen molar-refractivity contribution in [3.8, 4) is 11.3 Å². The van der Waals surface area contributed by atoms with Crippen LogP contribution in [0.1, 0.15) is 35.5 Å². The van der Waals surface area contributed by atoms with Crippen molar-refractivity contribution in [2.24, 2.45) is 5.10 Å². The molecular weight excluding hydrogens is 350 g/mol. The van der Waals surface area contributed by atoms with Crippen molar-refractivity contribution >= 4 is 17.8 Å². The number of rotatable bonds is 7. The van der Waals surface area contributed by atoms with Crippen LogP contribution in [-0.2, 0) is 0 Å². The van der Waals surface area contributed by atoms with Gasteiger partial charge in [0.1, 0.15) is 5.69 Å². The number of amides is 1. The third kappa shape index (κ3) is 4.28. The summed E-state index contributed by atoms with van der Waals surface area (Å²) in [4.78, 5) is 14.7. The maximum absolute atomic E-state index is 12.4. The highest BCUT2D eigenvalue weighted by Crippen LogP contribution is 2.22. The summed E-state index contributed by atoms with van der Waals surface area (Å²) in [6.45, 7) is 8.07. The molecule has 0 spiro atoms. The molecule has 0 unspecified atom stereocenters. The Hall–Kier alpha value is -3.41. The summed E-state index contributed by atoms with van der Waals surface area (Å²) in [6.07, 6.45) is 1.63. The SMILES string of the molecule is CCN(CC)c1ccc(/C=N\NC(=O)c2[nH]nc(-c3ccccc3)c2C)cc1. The van der Waals surface area contributed by atoms with Crippen molar-refractivity contribution in [3.63, 3.8) is 0 Å². The zero-order chi connectivity index (χ0) is 19.9. The molecule has 3 rings (SSSR count). The van der Waals surface area contributed by atoms with E-state index in [9.17, 15) is 4.79 Å². The van der Waals surface area contributed by atoms with Gasteiger partial charge in [0.25, 0.3) is 5.91 Å². The highest BCUT2D eigenvalue weighted by atomic mass is 16.2. The zero-order valence-corrected chi connectivity index (χ0v) is 16.4. The molecule has 0 aliphatic rings. The molecule has 0 aliphatic heterocycles. The smallest absolute Gasteiger partial charge is 0.289 e. The number of carbonyl (C=O) groups excluding carboxylic acids is 1. The number of hydrazone groups is 1. The van der Waals surface area contributed by atoms with Crippen LogP contribution in [0.15, 0.2) is 59.7 Å². The van der Waals surface area contributed by atoms with Crippen molar-refractivity contribution < 1.29 is 4.79 Å². The molecule has 0 saturated heterocycles. The van der Waals surface area contributed by atoms with E-state index in [0.717, 1.165) is 35.5 Å². The van der Waals surface area contributed by atoms with Crippen LogP contribution in [0.4, 0.5) is 5.69 Å². The van der Waals surface area contributed by atoms with Crippen molar-refractivity contribution in [2.75, 3.05) is 18.0 Å². The van der Waals surface area contributed by atoms with Gasteiger partial charge in [0.15, 0.2) is 0 Å². The Kier molecular flexibility index (Phi) is 6.22. The second kappa shape index (κ2) is 8.99. The molecule has 0 bridgehead atoms. The quantitative estimate of drug-likeness (QED) is 0.484. The number of aromatic nitrogens is 2. The molecule has 2 N–H and O–H groups in total. The molecule has 144 valence electrons. The van der Waals surface area contributed by atoms with Crippen LogP contribution in [-0.4, -0.2) is 35.4 Å². The molecular formula is C22H25N5O. The summed E-state index contributed by atoms with van der Waals surface area (Å²) in [5, 5.41) is 11.2. The number of aromatic amines is 1. The van der Waals surface area contributed by atoms with E-state index >= 15 is 0 Å². The number of hydrogen-bond donors (Lipinski definition) is 2. The molecule has 6 heteroatoms. The van der Waals surface area contributed by atoms with Gasteiger partial charge in [-0.2, -0.15) is 10.2 Å². The average molecular weight is 375 g/mol. The standard InChI is InChI=1S/C22H25N5O/c1-4-27(5-2)19-13-11-17(12-14-19)15-23-26-22(28)21-16(3)20(24-25-21)18-9-7-6-8-10-18/h6-15H,4-5H2,1-3H3,(H,24,25)(H,26,28)/b23-15-. The third-order valence-electron chi connectivity index (χ3n) is 4.69. The number of carbonyl (C=O) groups is 1. The summed E-state index contributed by atoms with van der Waals surface area (Å²) < 4.78 is 0. The summed E-state index contributed by atoms with van der Waals surface area (Å²) in [7, 11) is 0. The fraction of sp³-hybridized carbons (Fsp3) is 0.227. The lowest BCUT2D eigenvalue weighted by molar-refractivity contribution is 0.0949. The van der Waals surface area contributed by atoms with E-state index in [-0.39, 0.29) is 5.91 Å². The minimum atomic E-state index is -0.316. The van der Waals surface area contributed by atoms with Gasteiger partial charge >= 0.3 is 0 Å². The highest BCUT2D eigenvalue weighted by molar-refractivity contribution is 5.96. The van der Waals surface area contributed by atoms with Crippen LogP contribution >= 0.6 is 0 Å². The van der Waals surface area contributed by atoms with Gasteiger partial charge in [-0.1, -0.05) is 42.5 Å². The van der Waals surface area contributed by atoms with E-state index < -0.39 is 0 Å². The molecule has 3 aromatic rings. The molecule has 0 aliphatic carbocycles. The van der Waals surface area contributed by atoms with Gasteiger partial charge in [0.05, 0.1) is 11.9 Å². The van der Waals surface area contributed by atoms with Gasteiger partial charge in [-0.05, 0) is 38.5 Å². The van der Waals surface area contributed by atoms with E-state index in [1.165, 1.54) is 5.69 Å². The van der Waals surface area contributed by atoms with Gasteiger partial charge < -0.3 is 4.90 Å². The number of hydrogen-bond acceptors (Lipinski definition) is 4. The Bertz CT molecular complexity index is 941. The number of H-pyrrole nitrogens is 1. The Morgan fingerprint density at radius 1 is 1.11 bits per heavy atom. The summed E-state index contributed by atoms with van der Waals surface area (Å²) in [5.41, 5.74) is 7.59. The van der Waals surface area contributed by atoms with Gasteiger partial charge in [0.2, 0.25) is 0 Å². The summed E-state index contributed by atoms with van der Waals surface area (Å²) >= 11 is 0. The minimum absolute atomic E-state index is 0.316. The first-order valence-electron chi connectivity index (χ1n) is 9.42. The Balaban J connectivity index is 1.65. The number of nitrogens with one attached hydrogen (secondary N) is 2. The maximum Gasteiger partial charge on any atom is 0.289 e. The molecule has 1 heterocycles. The van der Waals surface area contributed by atoms with E-state index in [0.29, 0.717) is 5.69 Å². The number of benzene rings is 2. The van der Waals surface area contributed by atoms with Crippen LogP contribution < -0.4 is 10.3 Å². The van der Waals surface area contributed by atoms with Gasteiger partial charge in [-0.3, -0.25) is 9.89 Å². The first-order valence-corrected chi connectivity index (χ1v) is 9.42. The topological polar surface area (TPSA) is 73.4 Å². The van der Waals surface area contributed by atoms with Crippen LogP contribution in [0.3, 0.4) is 0 Å². The molecule has 6 nitrogen and oxygen atoms in total. The molecule has 0 fully saturated rings. The van der Waals surface area contributed by atoms with Gasteiger partial charge in [-0.25, -0.2) is 5.43 Å². The van der Waals surface area contributed by atoms with Crippen molar-refractivity contribution in [1.82, 2.24) is 15.6 Å². The minimum Gasteiger partial charge on any atom is -0.372 e. The van der Waals surface area contributed by atoms with Crippen LogP contribution in [0.5, 0.6) is 0 Å². The molecule has 1 aromatic heterocycles. The Morgan fingerprint density at radius 2 is 1.79 bits per heavy atom.